The van der Waals surface area contributed by atoms with Crippen molar-refractivity contribution >= 4 is 11.8 Å². The van der Waals surface area contributed by atoms with E-state index in [1.807, 2.05) is 43.0 Å². The summed E-state index contributed by atoms with van der Waals surface area (Å²) < 4.78 is 11.5. The van der Waals surface area contributed by atoms with Crippen molar-refractivity contribution < 1.29 is 19.1 Å². The third kappa shape index (κ3) is 4.24. The van der Waals surface area contributed by atoms with Crippen LogP contribution in [0.3, 0.4) is 0 Å². The highest BCUT2D eigenvalue weighted by atomic mass is 16.6. The lowest BCUT2D eigenvalue weighted by Gasteiger charge is -2.36. The molecule has 0 bridgehead atoms. The second-order valence-electron chi connectivity index (χ2n) is 7.06. The topological polar surface area (TPSA) is 67.9 Å². The van der Waals surface area contributed by atoms with E-state index < -0.39 is 6.10 Å². The van der Waals surface area contributed by atoms with E-state index in [-0.39, 0.29) is 30.3 Å². The van der Waals surface area contributed by atoms with Crippen molar-refractivity contribution in [3.8, 4) is 11.5 Å². The van der Waals surface area contributed by atoms with E-state index in [2.05, 4.69) is 5.32 Å². The van der Waals surface area contributed by atoms with Crippen LogP contribution in [-0.2, 0) is 9.59 Å². The second-order valence-corrected chi connectivity index (χ2v) is 7.06. The zero-order valence-electron chi connectivity index (χ0n) is 14.9. The SMILES string of the molecule is CC(C)C(=O)NC[C@H]1CCCN(C(=O)[C@@H]2COc3ccccc3O2)C1. The number of nitrogens with one attached hydrogen (secondary N) is 1. The van der Waals surface area contributed by atoms with Crippen molar-refractivity contribution in [2.45, 2.75) is 32.8 Å². The summed E-state index contributed by atoms with van der Waals surface area (Å²) in [6.45, 7) is 6.00. The fourth-order valence-corrected chi connectivity index (χ4v) is 3.23. The molecule has 2 amide bonds. The normalized spacial score (nSPS) is 22.6. The predicted molar refractivity (Wildman–Crippen MR) is 93.5 cm³/mol. The molecule has 2 atom stereocenters. The quantitative estimate of drug-likeness (QED) is 0.903. The minimum absolute atomic E-state index is 0.0193. The molecule has 1 fully saturated rings. The van der Waals surface area contributed by atoms with Crippen molar-refractivity contribution in [2.75, 3.05) is 26.2 Å². The third-order valence-corrected chi connectivity index (χ3v) is 4.70. The first-order valence-corrected chi connectivity index (χ1v) is 8.99. The van der Waals surface area contributed by atoms with E-state index in [4.69, 9.17) is 9.47 Å². The number of para-hydroxylation sites is 2. The zero-order chi connectivity index (χ0) is 17.8. The standard InChI is InChI=1S/C19H26N2O4/c1-13(2)18(22)20-10-14-6-5-9-21(11-14)19(23)17-12-24-15-7-3-4-8-16(15)25-17/h3-4,7-8,13-14,17H,5-6,9-12H2,1-2H3,(H,20,22)/t14-,17+/m1/s1. The molecule has 25 heavy (non-hydrogen) atoms. The minimum Gasteiger partial charge on any atom is -0.485 e. The summed E-state index contributed by atoms with van der Waals surface area (Å²) in [4.78, 5) is 26.4. The predicted octanol–water partition coefficient (Wildman–Crippen LogP) is 1.84. The summed E-state index contributed by atoms with van der Waals surface area (Å²) in [5.41, 5.74) is 0. The van der Waals surface area contributed by atoms with Gasteiger partial charge < -0.3 is 19.7 Å². The van der Waals surface area contributed by atoms with Gasteiger partial charge in [0.05, 0.1) is 0 Å². The lowest BCUT2D eigenvalue weighted by atomic mass is 9.97. The minimum atomic E-state index is -0.598. The number of amides is 2. The Labute approximate surface area is 148 Å². The second kappa shape index (κ2) is 7.76. The number of likely N-dealkylation sites (tertiary alicyclic amines) is 1. The Balaban J connectivity index is 1.55. The summed E-state index contributed by atoms with van der Waals surface area (Å²) >= 11 is 0. The van der Waals surface area contributed by atoms with Crippen LogP contribution in [0.15, 0.2) is 24.3 Å². The smallest absolute Gasteiger partial charge is 0.267 e. The lowest BCUT2D eigenvalue weighted by Crippen LogP contribution is -2.51. The average Bonchev–Trinajstić information content (AvgIpc) is 2.65. The van der Waals surface area contributed by atoms with Gasteiger partial charge in [-0.2, -0.15) is 0 Å². The van der Waals surface area contributed by atoms with Gasteiger partial charge in [0.25, 0.3) is 5.91 Å². The van der Waals surface area contributed by atoms with Crippen molar-refractivity contribution in [2.24, 2.45) is 11.8 Å². The maximum absolute atomic E-state index is 12.8. The molecule has 1 aromatic rings. The lowest BCUT2D eigenvalue weighted by molar-refractivity contribution is -0.143. The number of rotatable bonds is 4. The van der Waals surface area contributed by atoms with Crippen LogP contribution in [0.1, 0.15) is 26.7 Å². The molecular formula is C19H26N2O4. The molecule has 0 aromatic heterocycles. The fourth-order valence-electron chi connectivity index (χ4n) is 3.23. The fraction of sp³-hybridized carbons (Fsp3) is 0.579. The highest BCUT2D eigenvalue weighted by Crippen LogP contribution is 2.31. The van der Waals surface area contributed by atoms with Crippen LogP contribution in [-0.4, -0.2) is 49.1 Å². The Morgan fingerprint density at radius 3 is 2.80 bits per heavy atom. The van der Waals surface area contributed by atoms with Crippen LogP contribution in [0, 0.1) is 11.8 Å². The van der Waals surface area contributed by atoms with Crippen LogP contribution in [0.25, 0.3) is 0 Å². The highest BCUT2D eigenvalue weighted by molar-refractivity contribution is 5.82. The van der Waals surface area contributed by atoms with Crippen LogP contribution < -0.4 is 14.8 Å². The van der Waals surface area contributed by atoms with Crippen LogP contribution in [0.5, 0.6) is 11.5 Å². The average molecular weight is 346 g/mol. The van der Waals surface area contributed by atoms with Gasteiger partial charge in [0.15, 0.2) is 11.5 Å². The van der Waals surface area contributed by atoms with E-state index in [1.54, 1.807) is 0 Å². The van der Waals surface area contributed by atoms with Gasteiger partial charge in [-0.25, -0.2) is 0 Å². The third-order valence-electron chi connectivity index (χ3n) is 4.70. The molecule has 0 spiro atoms. The molecule has 0 unspecified atom stereocenters. The number of hydrogen-bond donors (Lipinski definition) is 1. The van der Waals surface area contributed by atoms with Gasteiger partial charge in [-0.1, -0.05) is 26.0 Å². The molecule has 136 valence electrons. The van der Waals surface area contributed by atoms with Gasteiger partial charge in [0, 0.05) is 25.6 Å². The first-order valence-electron chi connectivity index (χ1n) is 8.99. The van der Waals surface area contributed by atoms with E-state index in [0.29, 0.717) is 24.6 Å². The molecule has 6 heteroatoms. The molecule has 2 heterocycles. The van der Waals surface area contributed by atoms with Gasteiger partial charge in [-0.15, -0.1) is 0 Å². The summed E-state index contributed by atoms with van der Waals surface area (Å²) in [5, 5.41) is 2.97. The number of ether oxygens (including phenoxy) is 2. The molecule has 2 aliphatic heterocycles. The number of hydrogen-bond acceptors (Lipinski definition) is 4. The van der Waals surface area contributed by atoms with Crippen LogP contribution in [0.4, 0.5) is 0 Å². The van der Waals surface area contributed by atoms with Crippen molar-refractivity contribution in [1.82, 2.24) is 10.2 Å². The van der Waals surface area contributed by atoms with Crippen molar-refractivity contribution in [3.63, 3.8) is 0 Å². The Morgan fingerprint density at radius 1 is 1.28 bits per heavy atom. The Morgan fingerprint density at radius 2 is 2.04 bits per heavy atom. The maximum atomic E-state index is 12.8. The van der Waals surface area contributed by atoms with E-state index >= 15 is 0 Å². The number of nitrogens with zero attached hydrogens (tertiary/aromatic N) is 1. The Hall–Kier alpha value is -2.24. The summed E-state index contributed by atoms with van der Waals surface area (Å²) in [7, 11) is 0. The molecule has 0 aliphatic carbocycles. The van der Waals surface area contributed by atoms with Crippen molar-refractivity contribution in [1.29, 1.82) is 0 Å². The first kappa shape index (κ1) is 17.6. The van der Waals surface area contributed by atoms with Gasteiger partial charge >= 0.3 is 0 Å². The Bertz CT molecular complexity index is 632. The monoisotopic (exact) mass is 346 g/mol. The van der Waals surface area contributed by atoms with E-state index in [0.717, 1.165) is 19.4 Å². The molecule has 2 aliphatic rings. The molecule has 0 radical (unpaired) electrons. The number of carbonyl (C=O) groups is 2. The number of fused-ring (bicyclic) bond motifs is 1. The summed E-state index contributed by atoms with van der Waals surface area (Å²) in [6, 6.07) is 7.40. The van der Waals surface area contributed by atoms with Gasteiger partial charge in [0.1, 0.15) is 6.61 Å². The van der Waals surface area contributed by atoms with Gasteiger partial charge in [-0.05, 0) is 30.9 Å². The number of carbonyl (C=O) groups excluding carboxylic acids is 2. The molecule has 1 saturated heterocycles. The molecule has 0 saturated carbocycles. The molecule has 1 N–H and O–H groups in total. The van der Waals surface area contributed by atoms with Crippen LogP contribution >= 0.6 is 0 Å². The van der Waals surface area contributed by atoms with Crippen molar-refractivity contribution in [3.05, 3.63) is 24.3 Å². The molecule has 3 rings (SSSR count). The van der Waals surface area contributed by atoms with Gasteiger partial charge in [0.2, 0.25) is 12.0 Å². The Kier molecular flexibility index (Phi) is 5.46. The zero-order valence-corrected chi connectivity index (χ0v) is 14.9. The summed E-state index contributed by atoms with van der Waals surface area (Å²) in [6.07, 6.45) is 1.37. The van der Waals surface area contributed by atoms with Crippen LogP contribution in [0.2, 0.25) is 0 Å². The van der Waals surface area contributed by atoms with E-state index in [9.17, 15) is 9.59 Å². The maximum Gasteiger partial charge on any atom is 0.267 e. The van der Waals surface area contributed by atoms with Gasteiger partial charge in [-0.3, -0.25) is 9.59 Å². The molecule has 1 aromatic carbocycles. The largest absolute Gasteiger partial charge is 0.485 e. The summed E-state index contributed by atoms with van der Waals surface area (Å²) in [5.74, 6) is 1.59. The number of benzene rings is 1. The van der Waals surface area contributed by atoms with E-state index in [1.165, 1.54) is 0 Å². The first-order chi connectivity index (χ1) is 12.0. The molecular weight excluding hydrogens is 320 g/mol. The highest BCUT2D eigenvalue weighted by Gasteiger charge is 2.33. The number of piperidine rings is 1. The molecule has 6 nitrogen and oxygen atoms in total.